The van der Waals surface area contributed by atoms with Gasteiger partial charge in [-0.25, -0.2) is 0 Å². The summed E-state index contributed by atoms with van der Waals surface area (Å²) in [7, 11) is 0. The standard InChI is InChI=1S/C12H24N6O/c1-5-18(6-2)12-16-10(13)15-11(17-12)14-9(4)8-19-7-3/h9H,5-8H2,1-4H3,(H3,13,14,15,16,17). The molecule has 3 N–H and O–H groups in total. The third-order valence-electron chi connectivity index (χ3n) is 2.63. The highest BCUT2D eigenvalue weighted by molar-refractivity contribution is 5.42. The Labute approximate surface area is 114 Å². The molecule has 7 nitrogen and oxygen atoms in total. The zero-order valence-corrected chi connectivity index (χ0v) is 12.2. The van der Waals surface area contributed by atoms with E-state index in [0.717, 1.165) is 13.1 Å². The summed E-state index contributed by atoms with van der Waals surface area (Å²) >= 11 is 0. The Morgan fingerprint density at radius 2 is 1.89 bits per heavy atom. The normalized spacial score (nSPS) is 12.2. The summed E-state index contributed by atoms with van der Waals surface area (Å²) < 4.78 is 5.34. The van der Waals surface area contributed by atoms with Gasteiger partial charge >= 0.3 is 0 Å². The van der Waals surface area contributed by atoms with Crippen molar-refractivity contribution in [1.82, 2.24) is 15.0 Å². The predicted molar refractivity (Wildman–Crippen MR) is 77.4 cm³/mol. The van der Waals surface area contributed by atoms with E-state index in [0.29, 0.717) is 25.1 Å². The molecule has 19 heavy (non-hydrogen) atoms. The number of nitrogens with two attached hydrogens (primary N) is 1. The number of anilines is 3. The van der Waals surface area contributed by atoms with Crippen molar-refractivity contribution in [3.63, 3.8) is 0 Å². The molecule has 0 aliphatic heterocycles. The van der Waals surface area contributed by atoms with E-state index in [-0.39, 0.29) is 12.0 Å². The average Bonchev–Trinajstić information content (AvgIpc) is 2.37. The van der Waals surface area contributed by atoms with E-state index < -0.39 is 0 Å². The van der Waals surface area contributed by atoms with E-state index in [1.165, 1.54) is 0 Å². The monoisotopic (exact) mass is 268 g/mol. The van der Waals surface area contributed by atoms with Crippen LogP contribution in [-0.2, 0) is 4.74 Å². The van der Waals surface area contributed by atoms with Crippen LogP contribution in [0.5, 0.6) is 0 Å². The molecule has 0 radical (unpaired) electrons. The summed E-state index contributed by atoms with van der Waals surface area (Å²) in [6.45, 7) is 11.0. The highest BCUT2D eigenvalue weighted by atomic mass is 16.5. The molecule has 1 atom stereocenters. The Morgan fingerprint density at radius 1 is 1.21 bits per heavy atom. The van der Waals surface area contributed by atoms with Crippen molar-refractivity contribution in [3.8, 4) is 0 Å². The minimum Gasteiger partial charge on any atom is -0.380 e. The summed E-state index contributed by atoms with van der Waals surface area (Å²) in [6, 6.07) is 0.117. The maximum absolute atomic E-state index is 5.72. The van der Waals surface area contributed by atoms with Crippen molar-refractivity contribution in [2.45, 2.75) is 33.7 Å². The molecule has 0 fully saturated rings. The van der Waals surface area contributed by atoms with Crippen LogP contribution in [-0.4, -0.2) is 47.3 Å². The lowest BCUT2D eigenvalue weighted by Crippen LogP contribution is -2.27. The summed E-state index contributed by atoms with van der Waals surface area (Å²) in [5.74, 6) is 1.31. The minimum atomic E-state index is 0.117. The van der Waals surface area contributed by atoms with Gasteiger partial charge in [0.15, 0.2) is 0 Å². The van der Waals surface area contributed by atoms with Gasteiger partial charge < -0.3 is 20.7 Å². The highest BCUT2D eigenvalue weighted by Crippen LogP contribution is 2.12. The van der Waals surface area contributed by atoms with Gasteiger partial charge in [0.25, 0.3) is 0 Å². The number of nitrogen functional groups attached to an aromatic ring is 1. The Hall–Kier alpha value is -1.63. The van der Waals surface area contributed by atoms with Gasteiger partial charge in [-0.1, -0.05) is 0 Å². The fraction of sp³-hybridized carbons (Fsp3) is 0.750. The first-order chi connectivity index (χ1) is 9.10. The van der Waals surface area contributed by atoms with Gasteiger partial charge in [0.2, 0.25) is 17.8 Å². The highest BCUT2D eigenvalue weighted by Gasteiger charge is 2.11. The zero-order valence-electron chi connectivity index (χ0n) is 12.2. The van der Waals surface area contributed by atoms with E-state index in [9.17, 15) is 0 Å². The van der Waals surface area contributed by atoms with Gasteiger partial charge in [-0.15, -0.1) is 0 Å². The quantitative estimate of drug-likeness (QED) is 0.730. The summed E-state index contributed by atoms with van der Waals surface area (Å²) in [5.41, 5.74) is 5.72. The van der Waals surface area contributed by atoms with Crippen molar-refractivity contribution in [1.29, 1.82) is 0 Å². The number of ether oxygens (including phenoxy) is 1. The molecular formula is C12H24N6O. The van der Waals surface area contributed by atoms with Gasteiger partial charge in [0, 0.05) is 25.7 Å². The first-order valence-electron chi connectivity index (χ1n) is 6.71. The van der Waals surface area contributed by atoms with Crippen LogP contribution in [0.2, 0.25) is 0 Å². The Bertz CT molecular complexity index is 382. The maximum Gasteiger partial charge on any atom is 0.231 e. The van der Waals surface area contributed by atoms with Crippen molar-refractivity contribution < 1.29 is 4.74 Å². The first kappa shape index (κ1) is 15.4. The third kappa shape index (κ3) is 4.86. The number of nitrogens with zero attached hydrogens (tertiary/aromatic N) is 4. The number of nitrogens with one attached hydrogen (secondary N) is 1. The van der Waals surface area contributed by atoms with Crippen LogP contribution in [0.15, 0.2) is 0 Å². The molecule has 0 spiro atoms. The van der Waals surface area contributed by atoms with E-state index in [2.05, 4.69) is 20.3 Å². The number of hydrogen-bond donors (Lipinski definition) is 2. The fourth-order valence-electron chi connectivity index (χ4n) is 1.65. The summed E-state index contributed by atoms with van der Waals surface area (Å²) in [6.07, 6.45) is 0. The predicted octanol–water partition coefficient (Wildman–Crippen LogP) is 1.14. The second-order valence-corrected chi connectivity index (χ2v) is 4.19. The Morgan fingerprint density at radius 3 is 2.47 bits per heavy atom. The average molecular weight is 268 g/mol. The summed E-state index contributed by atoms with van der Waals surface area (Å²) in [4.78, 5) is 14.7. The third-order valence-corrected chi connectivity index (χ3v) is 2.63. The van der Waals surface area contributed by atoms with Crippen LogP contribution in [0, 0.1) is 0 Å². The lowest BCUT2D eigenvalue weighted by Gasteiger charge is -2.20. The second-order valence-electron chi connectivity index (χ2n) is 4.19. The molecule has 0 bridgehead atoms. The molecule has 0 saturated heterocycles. The van der Waals surface area contributed by atoms with Crippen LogP contribution < -0.4 is 16.0 Å². The van der Waals surface area contributed by atoms with Crippen molar-refractivity contribution in [3.05, 3.63) is 0 Å². The molecule has 1 aromatic heterocycles. The molecule has 108 valence electrons. The van der Waals surface area contributed by atoms with Crippen LogP contribution in [0.1, 0.15) is 27.7 Å². The van der Waals surface area contributed by atoms with E-state index in [1.807, 2.05) is 32.6 Å². The SMILES string of the molecule is CCOCC(C)Nc1nc(N)nc(N(CC)CC)n1. The molecule has 1 rings (SSSR count). The number of rotatable bonds is 8. The molecule has 1 heterocycles. The fourth-order valence-corrected chi connectivity index (χ4v) is 1.65. The molecule has 7 heteroatoms. The second kappa shape index (κ2) is 7.73. The largest absolute Gasteiger partial charge is 0.380 e. The number of aromatic nitrogens is 3. The first-order valence-corrected chi connectivity index (χ1v) is 6.71. The van der Waals surface area contributed by atoms with Crippen molar-refractivity contribution in [2.24, 2.45) is 0 Å². The lowest BCUT2D eigenvalue weighted by molar-refractivity contribution is 0.141. The Balaban J connectivity index is 2.78. The maximum atomic E-state index is 5.72. The van der Waals surface area contributed by atoms with Gasteiger partial charge in [-0.05, 0) is 27.7 Å². The smallest absolute Gasteiger partial charge is 0.231 e. The minimum absolute atomic E-state index is 0.117. The van der Waals surface area contributed by atoms with Gasteiger partial charge in [0.1, 0.15) is 0 Å². The molecule has 1 unspecified atom stereocenters. The van der Waals surface area contributed by atoms with Crippen molar-refractivity contribution in [2.75, 3.05) is 42.3 Å². The van der Waals surface area contributed by atoms with Crippen LogP contribution in [0.3, 0.4) is 0 Å². The van der Waals surface area contributed by atoms with Gasteiger partial charge in [-0.3, -0.25) is 0 Å². The van der Waals surface area contributed by atoms with Crippen molar-refractivity contribution >= 4 is 17.8 Å². The zero-order chi connectivity index (χ0) is 14.3. The molecule has 0 aliphatic rings. The lowest BCUT2D eigenvalue weighted by atomic mass is 10.4. The van der Waals surface area contributed by atoms with Crippen LogP contribution in [0.4, 0.5) is 17.8 Å². The molecule has 0 amide bonds. The molecular weight excluding hydrogens is 244 g/mol. The van der Waals surface area contributed by atoms with E-state index >= 15 is 0 Å². The van der Waals surface area contributed by atoms with Crippen LogP contribution >= 0.6 is 0 Å². The number of hydrogen-bond acceptors (Lipinski definition) is 7. The molecule has 0 aromatic carbocycles. The van der Waals surface area contributed by atoms with E-state index in [1.54, 1.807) is 0 Å². The molecule has 0 aliphatic carbocycles. The molecule has 0 saturated carbocycles. The van der Waals surface area contributed by atoms with Gasteiger partial charge in [0.05, 0.1) is 6.61 Å². The topological polar surface area (TPSA) is 89.2 Å². The summed E-state index contributed by atoms with van der Waals surface area (Å²) in [5, 5.41) is 3.17. The molecule has 1 aromatic rings. The van der Waals surface area contributed by atoms with Gasteiger partial charge in [-0.2, -0.15) is 15.0 Å². The van der Waals surface area contributed by atoms with Crippen LogP contribution in [0.25, 0.3) is 0 Å². The Kier molecular flexibility index (Phi) is 6.27. The van der Waals surface area contributed by atoms with E-state index in [4.69, 9.17) is 10.5 Å².